The highest BCUT2D eigenvalue weighted by Gasteiger charge is 2.30. The van der Waals surface area contributed by atoms with Gasteiger partial charge in [-0.1, -0.05) is 6.42 Å². The molecular formula is C9H17NS. The van der Waals surface area contributed by atoms with Crippen LogP contribution in [0.25, 0.3) is 0 Å². The Balaban J connectivity index is 1.82. The summed E-state index contributed by atoms with van der Waals surface area (Å²) < 4.78 is 0. The van der Waals surface area contributed by atoms with Crippen molar-refractivity contribution in [1.29, 1.82) is 0 Å². The van der Waals surface area contributed by atoms with Gasteiger partial charge in [0.1, 0.15) is 0 Å². The molecule has 64 valence electrons. The normalized spacial score (nSPS) is 40.1. The first-order valence-corrected chi connectivity index (χ1v) is 5.79. The van der Waals surface area contributed by atoms with Gasteiger partial charge in [0.25, 0.3) is 0 Å². The first-order chi connectivity index (χ1) is 5.36. The molecule has 1 saturated heterocycles. The lowest BCUT2D eigenvalue weighted by Crippen LogP contribution is -2.45. The van der Waals surface area contributed by atoms with Crippen molar-refractivity contribution in [1.82, 2.24) is 5.32 Å². The molecule has 0 radical (unpaired) electrons. The molecule has 0 amide bonds. The van der Waals surface area contributed by atoms with E-state index in [9.17, 15) is 0 Å². The highest BCUT2D eigenvalue weighted by molar-refractivity contribution is 7.99. The lowest BCUT2D eigenvalue weighted by molar-refractivity contribution is 0.266. The quantitative estimate of drug-likeness (QED) is 0.649. The molecule has 2 atom stereocenters. The van der Waals surface area contributed by atoms with Gasteiger partial charge >= 0.3 is 0 Å². The molecule has 2 unspecified atom stereocenters. The van der Waals surface area contributed by atoms with Gasteiger partial charge in [-0.2, -0.15) is 0 Å². The fourth-order valence-electron chi connectivity index (χ4n) is 1.80. The second kappa shape index (κ2) is 3.36. The van der Waals surface area contributed by atoms with Crippen LogP contribution in [0.15, 0.2) is 0 Å². The summed E-state index contributed by atoms with van der Waals surface area (Å²) in [5.41, 5.74) is 0. The van der Waals surface area contributed by atoms with Gasteiger partial charge in [0, 0.05) is 6.04 Å². The van der Waals surface area contributed by atoms with E-state index in [-0.39, 0.29) is 0 Å². The van der Waals surface area contributed by atoms with E-state index in [2.05, 4.69) is 24.0 Å². The summed E-state index contributed by atoms with van der Waals surface area (Å²) in [6, 6.07) is 0.766. The molecule has 0 spiro atoms. The Morgan fingerprint density at radius 3 is 2.64 bits per heavy atom. The Bertz CT molecular complexity index is 134. The SMILES string of the molecule is CC1CCSC(C2CCC2)N1. The number of hydrogen-bond acceptors (Lipinski definition) is 2. The van der Waals surface area contributed by atoms with Crippen LogP contribution in [0.3, 0.4) is 0 Å². The third-order valence-electron chi connectivity index (χ3n) is 2.88. The maximum Gasteiger partial charge on any atom is 0.0562 e. The highest BCUT2D eigenvalue weighted by Crippen LogP contribution is 2.36. The predicted octanol–water partition coefficient (Wildman–Crippen LogP) is 2.23. The number of hydrogen-bond donors (Lipinski definition) is 1. The molecule has 0 aromatic heterocycles. The Labute approximate surface area is 73.3 Å². The second-order valence-corrected chi connectivity index (χ2v) is 5.09. The average molecular weight is 171 g/mol. The van der Waals surface area contributed by atoms with Crippen molar-refractivity contribution in [2.24, 2.45) is 5.92 Å². The number of thioether (sulfide) groups is 1. The molecule has 1 heterocycles. The van der Waals surface area contributed by atoms with Crippen LogP contribution in [0.4, 0.5) is 0 Å². The monoisotopic (exact) mass is 171 g/mol. The number of nitrogens with one attached hydrogen (secondary N) is 1. The van der Waals surface area contributed by atoms with Crippen molar-refractivity contribution < 1.29 is 0 Å². The Morgan fingerprint density at radius 1 is 1.27 bits per heavy atom. The van der Waals surface area contributed by atoms with Crippen molar-refractivity contribution in [3.63, 3.8) is 0 Å². The average Bonchev–Trinajstić information content (AvgIpc) is 1.83. The molecular weight excluding hydrogens is 154 g/mol. The molecule has 0 bridgehead atoms. The third kappa shape index (κ3) is 1.73. The van der Waals surface area contributed by atoms with E-state index in [0.717, 1.165) is 17.3 Å². The molecule has 1 N–H and O–H groups in total. The summed E-state index contributed by atoms with van der Waals surface area (Å²) in [5.74, 6) is 2.37. The summed E-state index contributed by atoms with van der Waals surface area (Å²) in [7, 11) is 0. The van der Waals surface area contributed by atoms with Crippen LogP contribution < -0.4 is 5.32 Å². The zero-order chi connectivity index (χ0) is 7.68. The van der Waals surface area contributed by atoms with Gasteiger partial charge < -0.3 is 5.32 Å². The zero-order valence-electron chi connectivity index (χ0n) is 7.18. The zero-order valence-corrected chi connectivity index (χ0v) is 7.99. The van der Waals surface area contributed by atoms with E-state index in [0.29, 0.717) is 0 Å². The minimum Gasteiger partial charge on any atom is -0.303 e. The number of rotatable bonds is 1. The van der Waals surface area contributed by atoms with E-state index >= 15 is 0 Å². The summed E-state index contributed by atoms with van der Waals surface area (Å²) in [6.45, 7) is 2.31. The van der Waals surface area contributed by atoms with Crippen molar-refractivity contribution in [2.75, 3.05) is 5.75 Å². The topological polar surface area (TPSA) is 12.0 Å². The molecule has 1 saturated carbocycles. The van der Waals surface area contributed by atoms with Gasteiger partial charge in [0.15, 0.2) is 0 Å². The van der Waals surface area contributed by atoms with Crippen LogP contribution >= 0.6 is 11.8 Å². The van der Waals surface area contributed by atoms with E-state index in [1.54, 1.807) is 0 Å². The van der Waals surface area contributed by atoms with E-state index in [1.165, 1.54) is 31.4 Å². The first-order valence-electron chi connectivity index (χ1n) is 4.74. The molecule has 11 heavy (non-hydrogen) atoms. The second-order valence-electron chi connectivity index (χ2n) is 3.84. The molecule has 2 fully saturated rings. The smallest absolute Gasteiger partial charge is 0.0562 e. The first kappa shape index (κ1) is 7.93. The van der Waals surface area contributed by atoms with Gasteiger partial charge in [0.2, 0.25) is 0 Å². The minimum atomic E-state index is 0.766. The Morgan fingerprint density at radius 2 is 2.09 bits per heavy atom. The van der Waals surface area contributed by atoms with Gasteiger partial charge in [-0.25, -0.2) is 0 Å². The van der Waals surface area contributed by atoms with Gasteiger partial charge in [-0.15, -0.1) is 11.8 Å². The van der Waals surface area contributed by atoms with Crippen LogP contribution in [0, 0.1) is 5.92 Å². The largest absolute Gasteiger partial charge is 0.303 e. The van der Waals surface area contributed by atoms with Crippen LogP contribution in [0.2, 0.25) is 0 Å². The van der Waals surface area contributed by atoms with Crippen molar-refractivity contribution in [3.8, 4) is 0 Å². The highest BCUT2D eigenvalue weighted by atomic mass is 32.2. The standard InChI is InChI=1S/C9H17NS/c1-7-5-6-11-9(10-7)8-3-2-4-8/h7-10H,2-6H2,1H3. The maximum atomic E-state index is 3.68. The minimum absolute atomic E-state index is 0.766. The summed E-state index contributed by atoms with van der Waals surface area (Å²) in [6.07, 6.45) is 5.76. The summed E-state index contributed by atoms with van der Waals surface area (Å²) >= 11 is 2.14. The molecule has 1 aliphatic carbocycles. The van der Waals surface area contributed by atoms with Crippen molar-refractivity contribution in [3.05, 3.63) is 0 Å². The summed E-state index contributed by atoms with van der Waals surface area (Å²) in [4.78, 5) is 0. The fourth-order valence-corrected chi connectivity index (χ4v) is 3.41. The van der Waals surface area contributed by atoms with Crippen LogP contribution in [-0.4, -0.2) is 17.2 Å². The lowest BCUT2D eigenvalue weighted by Gasteiger charge is -2.38. The van der Waals surface area contributed by atoms with E-state index in [4.69, 9.17) is 0 Å². The van der Waals surface area contributed by atoms with Gasteiger partial charge in [-0.3, -0.25) is 0 Å². The Kier molecular flexibility index (Phi) is 2.42. The van der Waals surface area contributed by atoms with E-state index < -0.39 is 0 Å². The van der Waals surface area contributed by atoms with Crippen molar-refractivity contribution in [2.45, 2.75) is 44.0 Å². The summed E-state index contributed by atoms with van der Waals surface area (Å²) in [5, 5.41) is 4.48. The molecule has 2 aliphatic rings. The van der Waals surface area contributed by atoms with Crippen LogP contribution in [-0.2, 0) is 0 Å². The fraction of sp³-hybridized carbons (Fsp3) is 1.00. The van der Waals surface area contributed by atoms with Crippen molar-refractivity contribution >= 4 is 11.8 Å². The van der Waals surface area contributed by atoms with Crippen LogP contribution in [0.1, 0.15) is 32.6 Å². The molecule has 0 aromatic rings. The molecule has 0 aromatic carbocycles. The van der Waals surface area contributed by atoms with Crippen LogP contribution in [0.5, 0.6) is 0 Å². The molecule has 1 aliphatic heterocycles. The predicted molar refractivity (Wildman–Crippen MR) is 50.8 cm³/mol. The van der Waals surface area contributed by atoms with Gasteiger partial charge in [-0.05, 0) is 37.9 Å². The van der Waals surface area contributed by atoms with Gasteiger partial charge in [0.05, 0.1) is 5.37 Å². The molecule has 2 heteroatoms. The third-order valence-corrected chi connectivity index (χ3v) is 4.23. The van der Waals surface area contributed by atoms with E-state index in [1.807, 2.05) is 0 Å². The molecule has 1 nitrogen and oxygen atoms in total. The molecule has 2 rings (SSSR count). The maximum absolute atomic E-state index is 3.68. The lowest BCUT2D eigenvalue weighted by atomic mass is 9.85. The Hall–Kier alpha value is 0.310.